The van der Waals surface area contributed by atoms with Crippen molar-refractivity contribution in [3.8, 4) is 0 Å². The number of carboxylic acids is 1. The summed E-state index contributed by atoms with van der Waals surface area (Å²) in [4.78, 5) is 11.0. The zero-order chi connectivity index (χ0) is 16.6. The maximum Gasteiger partial charge on any atom is 0.332 e. The van der Waals surface area contributed by atoms with E-state index in [1.165, 1.54) is 44.9 Å². The van der Waals surface area contributed by atoms with Crippen molar-refractivity contribution >= 4 is 5.97 Å². The van der Waals surface area contributed by atoms with Crippen LogP contribution in [0.1, 0.15) is 77.6 Å². The number of rotatable bonds is 16. The van der Waals surface area contributed by atoms with Gasteiger partial charge in [-0.15, -0.1) is 0 Å². The molecule has 0 aliphatic carbocycles. The molecule has 0 fully saturated rings. The van der Waals surface area contributed by atoms with Gasteiger partial charge in [-0.25, -0.2) is 4.79 Å². The molecule has 0 aliphatic heterocycles. The SMILES string of the molecule is CCCCCCCCCCCCC(OCC(O)CO)C(=O)O. The van der Waals surface area contributed by atoms with Crippen molar-refractivity contribution in [2.45, 2.75) is 89.8 Å². The third-order valence-corrected chi connectivity index (χ3v) is 3.80. The van der Waals surface area contributed by atoms with Crippen LogP contribution in [-0.2, 0) is 9.53 Å². The van der Waals surface area contributed by atoms with Gasteiger partial charge >= 0.3 is 5.97 Å². The Hall–Kier alpha value is -0.650. The van der Waals surface area contributed by atoms with Gasteiger partial charge in [-0.1, -0.05) is 71.1 Å². The highest BCUT2D eigenvalue weighted by molar-refractivity contribution is 5.72. The maximum atomic E-state index is 11.0. The molecule has 3 N–H and O–H groups in total. The molecule has 0 radical (unpaired) electrons. The highest BCUT2D eigenvalue weighted by Gasteiger charge is 2.18. The van der Waals surface area contributed by atoms with Crippen molar-refractivity contribution in [2.75, 3.05) is 13.2 Å². The molecule has 0 aromatic carbocycles. The van der Waals surface area contributed by atoms with E-state index in [1.54, 1.807) is 0 Å². The minimum Gasteiger partial charge on any atom is -0.479 e. The number of hydrogen-bond donors (Lipinski definition) is 3. The molecule has 2 unspecified atom stereocenters. The predicted molar refractivity (Wildman–Crippen MR) is 86.9 cm³/mol. The number of ether oxygens (including phenoxy) is 1. The number of carbonyl (C=O) groups is 1. The van der Waals surface area contributed by atoms with E-state index in [4.69, 9.17) is 20.1 Å². The summed E-state index contributed by atoms with van der Waals surface area (Å²) >= 11 is 0. The van der Waals surface area contributed by atoms with Gasteiger partial charge in [0, 0.05) is 0 Å². The van der Waals surface area contributed by atoms with Crippen LogP contribution in [0.5, 0.6) is 0 Å². The summed E-state index contributed by atoms with van der Waals surface area (Å²) in [5, 5.41) is 26.9. The largest absolute Gasteiger partial charge is 0.479 e. The minimum atomic E-state index is -1.01. The number of hydrogen-bond acceptors (Lipinski definition) is 4. The highest BCUT2D eigenvalue weighted by atomic mass is 16.5. The summed E-state index contributed by atoms with van der Waals surface area (Å²) < 4.78 is 5.13. The van der Waals surface area contributed by atoms with Crippen LogP contribution in [0, 0.1) is 0 Å². The van der Waals surface area contributed by atoms with Crippen LogP contribution in [0.4, 0.5) is 0 Å². The Morgan fingerprint density at radius 3 is 1.91 bits per heavy atom. The molecule has 2 atom stereocenters. The van der Waals surface area contributed by atoms with Crippen molar-refractivity contribution < 1.29 is 24.9 Å². The lowest BCUT2D eigenvalue weighted by Crippen LogP contribution is -2.29. The number of unbranched alkanes of at least 4 members (excludes halogenated alkanes) is 9. The second-order valence-electron chi connectivity index (χ2n) is 5.97. The van der Waals surface area contributed by atoms with Gasteiger partial charge < -0.3 is 20.1 Å². The van der Waals surface area contributed by atoms with E-state index in [0.717, 1.165) is 19.3 Å². The molecule has 0 amide bonds. The molecule has 0 aromatic heterocycles. The van der Waals surface area contributed by atoms with E-state index >= 15 is 0 Å². The standard InChI is InChI=1S/C17H34O5/c1-2-3-4-5-6-7-8-9-10-11-12-16(17(20)21)22-14-15(19)13-18/h15-16,18-19H,2-14H2,1H3,(H,20,21). The molecule has 0 aliphatic rings. The van der Waals surface area contributed by atoms with Crippen LogP contribution in [-0.4, -0.2) is 46.7 Å². The summed E-state index contributed by atoms with van der Waals surface area (Å²) in [6.45, 7) is 1.68. The lowest BCUT2D eigenvalue weighted by atomic mass is 10.0. The van der Waals surface area contributed by atoms with Gasteiger partial charge in [0.15, 0.2) is 6.10 Å². The van der Waals surface area contributed by atoms with Crippen molar-refractivity contribution in [3.63, 3.8) is 0 Å². The maximum absolute atomic E-state index is 11.0. The van der Waals surface area contributed by atoms with E-state index in [0.29, 0.717) is 6.42 Å². The normalized spacial score (nSPS) is 14.0. The van der Waals surface area contributed by atoms with Crippen molar-refractivity contribution in [2.24, 2.45) is 0 Å². The van der Waals surface area contributed by atoms with Crippen molar-refractivity contribution in [1.29, 1.82) is 0 Å². The zero-order valence-corrected chi connectivity index (χ0v) is 14.0. The summed E-state index contributed by atoms with van der Waals surface area (Å²) in [6.07, 6.45) is 10.6. The van der Waals surface area contributed by atoms with Gasteiger partial charge in [0.2, 0.25) is 0 Å². The Morgan fingerprint density at radius 1 is 0.955 bits per heavy atom. The third kappa shape index (κ3) is 13.0. The first-order chi connectivity index (χ1) is 10.6. The van der Waals surface area contributed by atoms with E-state index in [2.05, 4.69) is 6.92 Å². The Kier molecular flexibility index (Phi) is 14.8. The van der Waals surface area contributed by atoms with E-state index in [9.17, 15) is 4.79 Å². The number of aliphatic hydroxyl groups is 2. The molecule has 22 heavy (non-hydrogen) atoms. The summed E-state index contributed by atoms with van der Waals surface area (Å²) in [5.41, 5.74) is 0. The van der Waals surface area contributed by atoms with Gasteiger partial charge in [0.25, 0.3) is 0 Å². The van der Waals surface area contributed by atoms with Gasteiger partial charge in [-0.3, -0.25) is 0 Å². The Balaban J connectivity index is 3.50. The summed E-state index contributed by atoms with van der Waals surface area (Å²) in [6, 6.07) is 0. The Labute approximate surface area is 134 Å². The van der Waals surface area contributed by atoms with Crippen LogP contribution in [0.2, 0.25) is 0 Å². The minimum absolute atomic E-state index is 0.134. The van der Waals surface area contributed by atoms with Crippen LogP contribution in [0.3, 0.4) is 0 Å². The van der Waals surface area contributed by atoms with E-state index < -0.39 is 24.8 Å². The van der Waals surface area contributed by atoms with Gasteiger partial charge in [0.05, 0.1) is 13.2 Å². The monoisotopic (exact) mass is 318 g/mol. The average molecular weight is 318 g/mol. The first kappa shape index (κ1) is 21.4. The van der Waals surface area contributed by atoms with Crippen LogP contribution >= 0.6 is 0 Å². The molecular weight excluding hydrogens is 284 g/mol. The van der Waals surface area contributed by atoms with Crippen LogP contribution in [0.25, 0.3) is 0 Å². The van der Waals surface area contributed by atoms with E-state index in [-0.39, 0.29) is 6.61 Å². The number of aliphatic carboxylic acids is 1. The highest BCUT2D eigenvalue weighted by Crippen LogP contribution is 2.13. The predicted octanol–water partition coefficient (Wildman–Crippen LogP) is 3.12. The van der Waals surface area contributed by atoms with Gasteiger partial charge in [-0.2, -0.15) is 0 Å². The molecule has 0 saturated carbocycles. The number of carboxylic acid groups (broad SMARTS) is 1. The fourth-order valence-electron chi connectivity index (χ4n) is 2.38. The second-order valence-corrected chi connectivity index (χ2v) is 5.97. The first-order valence-electron chi connectivity index (χ1n) is 8.75. The van der Waals surface area contributed by atoms with E-state index in [1.807, 2.05) is 0 Å². The molecule has 0 rings (SSSR count). The molecule has 0 saturated heterocycles. The Morgan fingerprint density at radius 2 is 1.45 bits per heavy atom. The molecule has 5 nitrogen and oxygen atoms in total. The molecule has 0 spiro atoms. The van der Waals surface area contributed by atoms with Crippen molar-refractivity contribution in [3.05, 3.63) is 0 Å². The molecular formula is C17H34O5. The average Bonchev–Trinajstić information content (AvgIpc) is 2.51. The summed E-state index contributed by atoms with van der Waals surface area (Å²) in [7, 11) is 0. The third-order valence-electron chi connectivity index (χ3n) is 3.80. The molecule has 132 valence electrons. The lowest BCUT2D eigenvalue weighted by molar-refractivity contribution is -0.153. The van der Waals surface area contributed by atoms with Gasteiger partial charge in [-0.05, 0) is 6.42 Å². The fraction of sp³-hybridized carbons (Fsp3) is 0.941. The molecule has 0 aromatic rings. The first-order valence-corrected chi connectivity index (χ1v) is 8.75. The van der Waals surface area contributed by atoms with Gasteiger partial charge in [0.1, 0.15) is 6.10 Å². The second kappa shape index (κ2) is 15.3. The van der Waals surface area contributed by atoms with Crippen molar-refractivity contribution in [1.82, 2.24) is 0 Å². The Bertz CT molecular complexity index is 257. The molecule has 0 bridgehead atoms. The van der Waals surface area contributed by atoms with Crippen LogP contribution < -0.4 is 0 Å². The van der Waals surface area contributed by atoms with Crippen LogP contribution in [0.15, 0.2) is 0 Å². The topological polar surface area (TPSA) is 87.0 Å². The number of aliphatic hydroxyl groups excluding tert-OH is 2. The molecule has 0 heterocycles. The lowest BCUT2D eigenvalue weighted by Gasteiger charge is -2.15. The summed E-state index contributed by atoms with van der Waals surface area (Å²) in [5.74, 6) is -0.999. The fourth-order valence-corrected chi connectivity index (χ4v) is 2.38. The quantitative estimate of drug-likeness (QED) is 0.381. The smallest absolute Gasteiger partial charge is 0.332 e. The molecule has 5 heteroatoms. The zero-order valence-electron chi connectivity index (χ0n) is 14.0.